The van der Waals surface area contributed by atoms with Crippen molar-refractivity contribution in [2.45, 2.75) is 19.0 Å². The van der Waals surface area contributed by atoms with Crippen LogP contribution in [0.5, 0.6) is 0 Å². The highest BCUT2D eigenvalue weighted by Crippen LogP contribution is 2.25. The molecule has 0 aliphatic rings. The minimum absolute atomic E-state index is 0.00113. The van der Waals surface area contributed by atoms with Crippen LogP contribution in [-0.2, 0) is 32.6 Å². The third-order valence-electron chi connectivity index (χ3n) is 5.65. The minimum atomic E-state index is -3.85. The summed E-state index contributed by atoms with van der Waals surface area (Å²) in [5, 5.41) is 3.69. The second-order valence-corrected chi connectivity index (χ2v) is 11.5. The maximum Gasteiger partial charge on any atom is 0.244 e. The molecule has 0 fully saturated rings. The van der Waals surface area contributed by atoms with Gasteiger partial charge in [0.05, 0.1) is 22.0 Å². The van der Waals surface area contributed by atoms with Crippen LogP contribution in [0.3, 0.4) is 0 Å². The standard InChI is InChI=1S/C26H26Cl3N3O4S/c1-30-26(34)24(15-18-6-4-3-5-7-18)31(16-19-8-13-22(28)23(29)14-19)25(33)17-32(37(2,35)36)21-11-9-20(27)10-12-21/h3-14,24H,15-17H2,1-2H3,(H,30,34). The summed E-state index contributed by atoms with van der Waals surface area (Å²) >= 11 is 18.2. The van der Waals surface area contributed by atoms with Gasteiger partial charge in [-0.15, -0.1) is 0 Å². The van der Waals surface area contributed by atoms with Gasteiger partial charge in [-0.25, -0.2) is 8.42 Å². The molecule has 0 aromatic heterocycles. The Kier molecular flexibility index (Phi) is 9.84. The lowest BCUT2D eigenvalue weighted by atomic mass is 10.0. The zero-order valence-electron chi connectivity index (χ0n) is 20.2. The van der Waals surface area contributed by atoms with Crippen molar-refractivity contribution in [3.05, 3.63) is 99.0 Å². The number of carbonyl (C=O) groups is 2. The molecule has 1 atom stereocenters. The molecule has 1 N–H and O–H groups in total. The average molecular weight is 583 g/mol. The number of benzene rings is 3. The Morgan fingerprint density at radius 3 is 2.11 bits per heavy atom. The lowest BCUT2D eigenvalue weighted by Gasteiger charge is -2.33. The molecule has 7 nitrogen and oxygen atoms in total. The van der Waals surface area contributed by atoms with Crippen LogP contribution in [0, 0.1) is 0 Å². The molecule has 0 aliphatic carbocycles. The summed E-state index contributed by atoms with van der Waals surface area (Å²) in [6.07, 6.45) is 1.23. The molecule has 3 rings (SSSR count). The molecule has 0 spiro atoms. The predicted molar refractivity (Wildman–Crippen MR) is 149 cm³/mol. The van der Waals surface area contributed by atoms with Gasteiger partial charge in [-0.2, -0.15) is 0 Å². The van der Waals surface area contributed by atoms with Gasteiger partial charge in [0.1, 0.15) is 12.6 Å². The fourth-order valence-electron chi connectivity index (χ4n) is 3.78. The first-order valence-corrected chi connectivity index (χ1v) is 14.2. The number of halogens is 3. The SMILES string of the molecule is CNC(=O)C(Cc1ccccc1)N(Cc1ccc(Cl)c(Cl)c1)C(=O)CN(c1ccc(Cl)cc1)S(C)(=O)=O. The van der Waals surface area contributed by atoms with E-state index >= 15 is 0 Å². The van der Waals surface area contributed by atoms with Crippen LogP contribution >= 0.6 is 34.8 Å². The summed E-state index contributed by atoms with van der Waals surface area (Å²) in [6, 6.07) is 19.3. The topological polar surface area (TPSA) is 86.8 Å². The Morgan fingerprint density at radius 2 is 1.54 bits per heavy atom. The van der Waals surface area contributed by atoms with Crippen molar-refractivity contribution in [1.29, 1.82) is 0 Å². The molecule has 196 valence electrons. The number of nitrogens with one attached hydrogen (secondary N) is 1. The van der Waals surface area contributed by atoms with Crippen molar-refractivity contribution in [3.8, 4) is 0 Å². The van der Waals surface area contributed by atoms with E-state index < -0.39 is 34.4 Å². The number of rotatable bonds is 10. The fraction of sp³-hybridized carbons (Fsp3) is 0.231. The maximum absolute atomic E-state index is 13.8. The lowest BCUT2D eigenvalue weighted by Crippen LogP contribution is -2.52. The average Bonchev–Trinajstić information content (AvgIpc) is 2.86. The van der Waals surface area contributed by atoms with Crippen molar-refractivity contribution in [2.24, 2.45) is 0 Å². The van der Waals surface area contributed by atoms with E-state index in [1.807, 2.05) is 30.3 Å². The summed E-state index contributed by atoms with van der Waals surface area (Å²) in [6.45, 7) is -0.525. The highest BCUT2D eigenvalue weighted by Gasteiger charge is 2.32. The van der Waals surface area contributed by atoms with Crippen molar-refractivity contribution < 1.29 is 18.0 Å². The van der Waals surface area contributed by atoms with Crippen LogP contribution in [-0.4, -0.2) is 51.0 Å². The Bertz CT molecular complexity index is 1350. The number of hydrogen-bond acceptors (Lipinski definition) is 4. The summed E-state index contributed by atoms with van der Waals surface area (Å²) in [5.74, 6) is -0.967. The van der Waals surface area contributed by atoms with Gasteiger partial charge < -0.3 is 10.2 Å². The van der Waals surface area contributed by atoms with Crippen LogP contribution in [0.2, 0.25) is 15.1 Å². The Balaban J connectivity index is 2.03. The quantitative estimate of drug-likeness (QED) is 0.372. The van der Waals surface area contributed by atoms with E-state index in [2.05, 4.69) is 5.32 Å². The number of anilines is 1. The Morgan fingerprint density at radius 1 is 0.892 bits per heavy atom. The van der Waals surface area contributed by atoms with Gasteiger partial charge in [0, 0.05) is 25.0 Å². The highest BCUT2D eigenvalue weighted by atomic mass is 35.5. The van der Waals surface area contributed by atoms with Gasteiger partial charge >= 0.3 is 0 Å². The van der Waals surface area contributed by atoms with E-state index in [9.17, 15) is 18.0 Å². The largest absolute Gasteiger partial charge is 0.357 e. The van der Waals surface area contributed by atoms with E-state index in [1.165, 1.54) is 36.2 Å². The normalized spacial score (nSPS) is 12.0. The molecule has 0 aliphatic heterocycles. The van der Waals surface area contributed by atoms with Crippen LogP contribution < -0.4 is 9.62 Å². The predicted octanol–water partition coefficient (Wildman–Crippen LogP) is 4.80. The second-order valence-electron chi connectivity index (χ2n) is 8.34. The Hall–Kier alpha value is -2.78. The van der Waals surface area contributed by atoms with E-state index in [0.717, 1.165) is 16.1 Å². The van der Waals surface area contributed by atoms with Crippen molar-refractivity contribution in [1.82, 2.24) is 10.2 Å². The molecule has 1 unspecified atom stereocenters. The highest BCUT2D eigenvalue weighted by molar-refractivity contribution is 7.92. The second kappa shape index (κ2) is 12.6. The summed E-state index contributed by atoms with van der Waals surface area (Å²) in [5.41, 5.74) is 1.73. The Labute approximate surface area is 232 Å². The molecule has 0 bridgehead atoms. The summed E-state index contributed by atoms with van der Waals surface area (Å²) in [7, 11) is -2.37. The van der Waals surface area contributed by atoms with Gasteiger partial charge in [0.15, 0.2) is 0 Å². The van der Waals surface area contributed by atoms with Gasteiger partial charge in [-0.05, 0) is 47.5 Å². The van der Waals surface area contributed by atoms with Crippen LogP contribution in [0.4, 0.5) is 5.69 Å². The fourth-order valence-corrected chi connectivity index (χ4v) is 5.07. The van der Waals surface area contributed by atoms with Gasteiger partial charge in [0.2, 0.25) is 21.8 Å². The zero-order chi connectivity index (χ0) is 27.2. The summed E-state index contributed by atoms with van der Waals surface area (Å²) in [4.78, 5) is 28.2. The number of carbonyl (C=O) groups excluding carboxylic acids is 2. The molecule has 2 amide bonds. The van der Waals surface area contributed by atoms with E-state index in [0.29, 0.717) is 20.6 Å². The number of nitrogens with zero attached hydrogens (tertiary/aromatic N) is 2. The van der Waals surface area contributed by atoms with E-state index in [1.54, 1.807) is 18.2 Å². The van der Waals surface area contributed by atoms with Crippen molar-refractivity contribution in [2.75, 3.05) is 24.2 Å². The van der Waals surface area contributed by atoms with E-state index in [-0.39, 0.29) is 18.7 Å². The molecule has 11 heteroatoms. The van der Waals surface area contributed by atoms with Crippen molar-refractivity contribution >= 4 is 62.3 Å². The number of likely N-dealkylation sites (N-methyl/N-ethyl adjacent to an activating group) is 1. The molecule has 0 saturated carbocycles. The van der Waals surface area contributed by atoms with Gasteiger partial charge in [-0.3, -0.25) is 13.9 Å². The van der Waals surface area contributed by atoms with Gasteiger partial charge in [0.25, 0.3) is 0 Å². The third kappa shape index (κ3) is 7.85. The number of hydrogen-bond donors (Lipinski definition) is 1. The number of amides is 2. The first kappa shape index (κ1) is 28.8. The summed E-state index contributed by atoms with van der Waals surface area (Å²) < 4.78 is 26.3. The monoisotopic (exact) mass is 581 g/mol. The molecular weight excluding hydrogens is 557 g/mol. The van der Waals surface area contributed by atoms with Crippen LogP contribution in [0.25, 0.3) is 0 Å². The molecule has 3 aromatic carbocycles. The minimum Gasteiger partial charge on any atom is -0.357 e. The first-order valence-electron chi connectivity index (χ1n) is 11.2. The first-order chi connectivity index (χ1) is 17.5. The third-order valence-corrected chi connectivity index (χ3v) is 7.78. The van der Waals surface area contributed by atoms with Crippen molar-refractivity contribution in [3.63, 3.8) is 0 Å². The molecule has 3 aromatic rings. The smallest absolute Gasteiger partial charge is 0.244 e. The molecule has 0 heterocycles. The van der Waals surface area contributed by atoms with Crippen LogP contribution in [0.1, 0.15) is 11.1 Å². The molecule has 37 heavy (non-hydrogen) atoms. The molecule has 0 radical (unpaired) electrons. The van der Waals surface area contributed by atoms with Crippen LogP contribution in [0.15, 0.2) is 72.8 Å². The lowest BCUT2D eigenvalue weighted by molar-refractivity contribution is -0.139. The van der Waals surface area contributed by atoms with Gasteiger partial charge in [-0.1, -0.05) is 71.2 Å². The number of sulfonamides is 1. The molecular formula is C26H26Cl3N3O4S. The van der Waals surface area contributed by atoms with E-state index in [4.69, 9.17) is 34.8 Å². The zero-order valence-corrected chi connectivity index (χ0v) is 23.3. The molecule has 0 saturated heterocycles. The maximum atomic E-state index is 13.8.